The van der Waals surface area contributed by atoms with E-state index < -0.39 is 5.41 Å². The van der Waals surface area contributed by atoms with Gasteiger partial charge in [0.25, 0.3) is 0 Å². The average Bonchev–Trinajstić information content (AvgIpc) is 3.21. The summed E-state index contributed by atoms with van der Waals surface area (Å²) >= 11 is 0. The number of ketones is 1. The van der Waals surface area contributed by atoms with Gasteiger partial charge in [0.05, 0.1) is 42.7 Å². The van der Waals surface area contributed by atoms with Crippen LogP contribution in [0.3, 0.4) is 0 Å². The van der Waals surface area contributed by atoms with Gasteiger partial charge in [-0.3, -0.25) is 4.79 Å². The number of morpholine rings is 1. The maximum atomic E-state index is 13.7. The Morgan fingerprint density at radius 2 is 2.03 bits per heavy atom. The molecule has 5 rings (SSSR count). The molecule has 0 atom stereocenters. The lowest BCUT2D eigenvalue weighted by Gasteiger charge is -2.36. The summed E-state index contributed by atoms with van der Waals surface area (Å²) in [6.07, 6.45) is 0. The number of carbonyl (C=O) groups is 1. The maximum Gasteiger partial charge on any atom is 0.195 e. The number of hydrogen-bond donors (Lipinski definition) is 2. The first-order valence-corrected chi connectivity index (χ1v) is 10.8. The smallest absolute Gasteiger partial charge is 0.195 e. The number of fused-ring (bicyclic) bond motifs is 4. The molecule has 0 saturated carbocycles. The number of aliphatic hydroxyl groups excluding tert-OH is 1. The molecular formula is C25H25N3O4. The van der Waals surface area contributed by atoms with E-state index in [1.54, 1.807) is 12.1 Å². The zero-order chi connectivity index (χ0) is 22.5. The number of carbonyl (C=O) groups excluding carboxylic acids is 1. The van der Waals surface area contributed by atoms with Gasteiger partial charge in [-0.25, -0.2) is 0 Å². The molecule has 0 unspecified atom stereocenters. The van der Waals surface area contributed by atoms with Crippen LogP contribution in [0.15, 0.2) is 30.3 Å². The Morgan fingerprint density at radius 3 is 2.75 bits per heavy atom. The van der Waals surface area contributed by atoms with Crippen LogP contribution in [-0.2, 0) is 10.2 Å². The molecule has 0 amide bonds. The van der Waals surface area contributed by atoms with Gasteiger partial charge in [-0.2, -0.15) is 5.26 Å². The van der Waals surface area contributed by atoms with Gasteiger partial charge in [0, 0.05) is 40.7 Å². The summed E-state index contributed by atoms with van der Waals surface area (Å²) in [4.78, 5) is 19.4. The Labute approximate surface area is 186 Å². The summed E-state index contributed by atoms with van der Waals surface area (Å²) in [7, 11) is 0. The number of rotatable bonds is 4. The Morgan fingerprint density at radius 1 is 1.25 bits per heavy atom. The van der Waals surface area contributed by atoms with Gasteiger partial charge >= 0.3 is 0 Å². The van der Waals surface area contributed by atoms with Crippen LogP contribution in [0.5, 0.6) is 5.75 Å². The Balaban J connectivity index is 1.71. The Bertz CT molecular complexity index is 1260. The van der Waals surface area contributed by atoms with E-state index in [1.807, 2.05) is 12.1 Å². The van der Waals surface area contributed by atoms with Crippen molar-refractivity contribution in [2.45, 2.75) is 19.3 Å². The third-order valence-corrected chi connectivity index (χ3v) is 6.50. The van der Waals surface area contributed by atoms with Crippen LogP contribution in [-0.4, -0.2) is 55.4 Å². The van der Waals surface area contributed by atoms with Gasteiger partial charge in [-0.05, 0) is 29.8 Å². The number of anilines is 1. The average molecular weight is 431 g/mol. The molecule has 1 aromatic heterocycles. The SMILES string of the molecule is CC1(C)c2cc(N3CCOCC3)c(OCCO)cc2C(=O)c2c1[nH]c1cc(C#N)ccc21. The minimum atomic E-state index is -0.457. The first-order chi connectivity index (χ1) is 15.5. The van der Waals surface area contributed by atoms with E-state index in [1.165, 1.54) is 0 Å². The number of nitriles is 1. The van der Waals surface area contributed by atoms with E-state index in [0.717, 1.165) is 40.9 Å². The van der Waals surface area contributed by atoms with Crippen LogP contribution in [0.2, 0.25) is 0 Å². The predicted octanol–water partition coefficient (Wildman–Crippen LogP) is 3.12. The lowest BCUT2D eigenvalue weighted by atomic mass is 9.71. The largest absolute Gasteiger partial charge is 0.489 e. The van der Waals surface area contributed by atoms with Crippen molar-refractivity contribution >= 4 is 22.4 Å². The molecule has 1 saturated heterocycles. The normalized spacial score (nSPS) is 17.1. The van der Waals surface area contributed by atoms with Gasteiger partial charge in [0.1, 0.15) is 12.4 Å². The highest BCUT2D eigenvalue weighted by Gasteiger charge is 2.41. The lowest BCUT2D eigenvalue weighted by Crippen LogP contribution is -2.37. The maximum absolute atomic E-state index is 13.7. The molecule has 1 aliphatic heterocycles. The first kappa shape index (κ1) is 20.6. The van der Waals surface area contributed by atoms with Crippen molar-refractivity contribution in [3.8, 4) is 11.8 Å². The molecule has 7 nitrogen and oxygen atoms in total. The number of aliphatic hydroxyl groups is 1. The molecule has 2 heterocycles. The van der Waals surface area contributed by atoms with Crippen molar-refractivity contribution in [1.82, 2.24) is 4.98 Å². The van der Waals surface area contributed by atoms with Crippen molar-refractivity contribution in [2.75, 3.05) is 44.4 Å². The third kappa shape index (κ3) is 3.07. The molecule has 0 spiro atoms. The number of aromatic amines is 1. The van der Waals surface area contributed by atoms with E-state index in [9.17, 15) is 15.2 Å². The first-order valence-electron chi connectivity index (χ1n) is 10.8. The molecule has 1 aliphatic carbocycles. The predicted molar refractivity (Wildman–Crippen MR) is 121 cm³/mol. The molecule has 164 valence electrons. The van der Waals surface area contributed by atoms with Gasteiger partial charge < -0.3 is 24.5 Å². The summed E-state index contributed by atoms with van der Waals surface area (Å²) < 4.78 is 11.4. The minimum absolute atomic E-state index is 0.0624. The zero-order valence-electron chi connectivity index (χ0n) is 18.2. The van der Waals surface area contributed by atoms with Gasteiger partial charge in [0.2, 0.25) is 0 Å². The molecular weight excluding hydrogens is 406 g/mol. The molecule has 3 aromatic rings. The summed E-state index contributed by atoms with van der Waals surface area (Å²) in [5.74, 6) is 0.534. The van der Waals surface area contributed by atoms with Crippen molar-refractivity contribution in [2.24, 2.45) is 0 Å². The number of benzene rings is 2. The zero-order valence-corrected chi connectivity index (χ0v) is 18.2. The number of nitrogens with one attached hydrogen (secondary N) is 1. The summed E-state index contributed by atoms with van der Waals surface area (Å²) in [6.45, 7) is 6.99. The molecule has 2 aromatic carbocycles. The van der Waals surface area contributed by atoms with Crippen LogP contribution in [0.4, 0.5) is 5.69 Å². The standard InChI is InChI=1S/C25H25N3O4/c1-25(2)18-13-20(28-5-8-31-9-6-28)21(32-10-7-29)12-17(18)23(30)22-16-4-3-15(14-26)11-19(16)27-24(22)25/h3-4,11-13,27,29H,5-10H2,1-2H3. The molecule has 1 fully saturated rings. The topological polar surface area (TPSA) is 98.6 Å². The highest BCUT2D eigenvalue weighted by molar-refractivity contribution is 6.20. The molecule has 7 heteroatoms. The highest BCUT2D eigenvalue weighted by Crippen LogP contribution is 2.47. The van der Waals surface area contributed by atoms with E-state index >= 15 is 0 Å². The number of hydrogen-bond acceptors (Lipinski definition) is 6. The summed E-state index contributed by atoms with van der Waals surface area (Å²) in [5, 5.41) is 19.4. The van der Waals surface area contributed by atoms with Gasteiger partial charge in [0.15, 0.2) is 5.78 Å². The van der Waals surface area contributed by atoms with E-state index in [-0.39, 0.29) is 19.0 Å². The lowest BCUT2D eigenvalue weighted by molar-refractivity contribution is 0.103. The van der Waals surface area contributed by atoms with Crippen molar-refractivity contribution in [3.63, 3.8) is 0 Å². The molecule has 0 radical (unpaired) electrons. The number of aromatic nitrogens is 1. The fraction of sp³-hybridized carbons (Fsp3) is 0.360. The van der Waals surface area contributed by atoms with Crippen LogP contribution < -0.4 is 9.64 Å². The molecule has 2 N–H and O–H groups in total. The second-order valence-electron chi connectivity index (χ2n) is 8.74. The number of H-pyrrole nitrogens is 1. The summed E-state index contributed by atoms with van der Waals surface area (Å²) in [5.41, 5.74) is 4.83. The van der Waals surface area contributed by atoms with E-state index in [0.29, 0.717) is 35.7 Å². The highest BCUT2D eigenvalue weighted by atomic mass is 16.5. The van der Waals surface area contributed by atoms with Crippen LogP contribution in [0.1, 0.15) is 46.6 Å². The fourth-order valence-corrected chi connectivity index (χ4v) is 4.84. The monoisotopic (exact) mass is 431 g/mol. The van der Waals surface area contributed by atoms with E-state index in [4.69, 9.17) is 9.47 Å². The van der Waals surface area contributed by atoms with Gasteiger partial charge in [-0.1, -0.05) is 19.9 Å². The van der Waals surface area contributed by atoms with Gasteiger partial charge in [-0.15, -0.1) is 0 Å². The second-order valence-corrected chi connectivity index (χ2v) is 8.74. The fourth-order valence-electron chi connectivity index (χ4n) is 4.84. The molecule has 0 bridgehead atoms. The van der Waals surface area contributed by atoms with Crippen molar-refractivity contribution in [3.05, 3.63) is 58.3 Å². The number of nitrogens with zero attached hydrogens (tertiary/aromatic N) is 2. The Hall–Kier alpha value is -3.34. The van der Waals surface area contributed by atoms with Crippen LogP contribution in [0, 0.1) is 11.3 Å². The summed E-state index contributed by atoms with van der Waals surface area (Å²) in [6, 6.07) is 11.4. The van der Waals surface area contributed by atoms with Crippen LogP contribution >= 0.6 is 0 Å². The van der Waals surface area contributed by atoms with Crippen LogP contribution in [0.25, 0.3) is 10.9 Å². The third-order valence-electron chi connectivity index (χ3n) is 6.50. The molecule has 32 heavy (non-hydrogen) atoms. The van der Waals surface area contributed by atoms with Crippen molar-refractivity contribution < 1.29 is 19.4 Å². The van der Waals surface area contributed by atoms with Crippen molar-refractivity contribution in [1.29, 1.82) is 5.26 Å². The quantitative estimate of drug-likeness (QED) is 0.659. The Kier molecular flexibility index (Phi) is 4.92. The molecule has 2 aliphatic rings. The van der Waals surface area contributed by atoms with E-state index in [2.05, 4.69) is 35.9 Å². The number of ether oxygens (including phenoxy) is 2. The minimum Gasteiger partial charge on any atom is -0.489 e. The second kappa shape index (κ2) is 7.66.